The highest BCUT2D eigenvalue weighted by Gasteiger charge is 2.15. The van der Waals surface area contributed by atoms with E-state index in [2.05, 4.69) is 0 Å². The number of methoxy groups -OCH3 is 4. The zero-order chi connectivity index (χ0) is 27.2. The lowest BCUT2D eigenvalue weighted by atomic mass is 10.1. The third kappa shape index (κ3) is 9.14. The average Bonchev–Trinajstić information content (AvgIpc) is 2.93. The molecule has 0 spiro atoms. The van der Waals surface area contributed by atoms with Gasteiger partial charge < -0.3 is 28.4 Å². The molecule has 10 heteroatoms. The highest BCUT2D eigenvalue weighted by atomic mass is 16.5. The quantitative estimate of drug-likeness (QED) is 0.205. The zero-order valence-electron chi connectivity index (χ0n) is 21.5. The summed E-state index contributed by atoms with van der Waals surface area (Å²) in [6.07, 6.45) is 4.31. The van der Waals surface area contributed by atoms with Gasteiger partial charge in [-0.1, -0.05) is 19.3 Å². The Kier molecular flexibility index (Phi) is 11.9. The monoisotopic (exact) mass is 516 g/mol. The van der Waals surface area contributed by atoms with Crippen LogP contribution >= 0.6 is 0 Å². The van der Waals surface area contributed by atoms with Crippen molar-refractivity contribution in [1.29, 1.82) is 0 Å². The lowest BCUT2D eigenvalue weighted by molar-refractivity contribution is 0.0580. The summed E-state index contributed by atoms with van der Waals surface area (Å²) in [5.41, 5.74) is 0.819. The molecule has 0 aromatic heterocycles. The lowest BCUT2D eigenvalue weighted by Crippen LogP contribution is -2.08. The van der Waals surface area contributed by atoms with Crippen molar-refractivity contribution in [2.75, 3.05) is 41.7 Å². The number of ether oxygens (including phenoxy) is 6. The summed E-state index contributed by atoms with van der Waals surface area (Å²) in [5, 5.41) is 0. The molecule has 37 heavy (non-hydrogen) atoms. The van der Waals surface area contributed by atoms with Crippen LogP contribution in [0.25, 0.3) is 0 Å². The van der Waals surface area contributed by atoms with E-state index in [0.29, 0.717) is 24.7 Å². The summed E-state index contributed by atoms with van der Waals surface area (Å²) in [4.78, 5) is 47.4. The maximum Gasteiger partial charge on any atom is 0.338 e. The predicted molar refractivity (Wildman–Crippen MR) is 132 cm³/mol. The minimum atomic E-state index is -0.573. The molecule has 0 atom stereocenters. The molecule has 0 heterocycles. The fourth-order valence-electron chi connectivity index (χ4n) is 3.42. The molecule has 0 radical (unpaired) electrons. The highest BCUT2D eigenvalue weighted by Crippen LogP contribution is 2.21. The molecule has 200 valence electrons. The van der Waals surface area contributed by atoms with E-state index >= 15 is 0 Å². The molecule has 0 unspecified atom stereocenters. The maximum atomic E-state index is 11.9. The van der Waals surface area contributed by atoms with E-state index in [1.165, 1.54) is 64.8 Å². The number of carbonyl (C=O) groups excluding carboxylic acids is 4. The van der Waals surface area contributed by atoms with Crippen LogP contribution < -0.4 is 9.47 Å². The third-order valence-electron chi connectivity index (χ3n) is 5.32. The van der Waals surface area contributed by atoms with Crippen LogP contribution in [-0.4, -0.2) is 65.5 Å². The van der Waals surface area contributed by atoms with Gasteiger partial charge in [0, 0.05) is 0 Å². The highest BCUT2D eigenvalue weighted by molar-refractivity contribution is 5.96. The summed E-state index contributed by atoms with van der Waals surface area (Å²) in [5.74, 6) is -1.52. The Hall–Kier alpha value is -4.08. The van der Waals surface area contributed by atoms with Crippen molar-refractivity contribution in [1.82, 2.24) is 0 Å². The second-order valence-electron chi connectivity index (χ2n) is 7.92. The Bertz CT molecular complexity index is 939. The number of hydrogen-bond acceptors (Lipinski definition) is 10. The molecule has 0 fully saturated rings. The molecule has 0 saturated heterocycles. The van der Waals surface area contributed by atoms with E-state index in [-0.39, 0.29) is 22.3 Å². The van der Waals surface area contributed by atoms with Gasteiger partial charge in [0.1, 0.15) is 11.5 Å². The maximum absolute atomic E-state index is 11.9. The Morgan fingerprint density at radius 3 is 1.00 bits per heavy atom. The standard InChI is InChI=1S/C27H32O10/c1-32-24(28)18-12-19(25(29)33-2)15-22(14-18)36-10-8-6-5-7-9-11-37-23-16-20(26(30)34-3)13-21(17-23)27(31)35-4/h12-17H,5-11H2,1-4H3. The number of carbonyl (C=O) groups is 4. The third-order valence-corrected chi connectivity index (χ3v) is 5.32. The normalized spacial score (nSPS) is 10.3. The van der Waals surface area contributed by atoms with E-state index in [9.17, 15) is 19.2 Å². The van der Waals surface area contributed by atoms with Gasteiger partial charge >= 0.3 is 23.9 Å². The van der Waals surface area contributed by atoms with Crippen molar-refractivity contribution in [3.05, 3.63) is 58.7 Å². The molecule has 0 N–H and O–H groups in total. The zero-order valence-corrected chi connectivity index (χ0v) is 21.5. The number of benzene rings is 2. The second kappa shape index (κ2) is 15.1. The molecule has 2 aromatic rings. The fourth-order valence-corrected chi connectivity index (χ4v) is 3.42. The number of hydrogen-bond donors (Lipinski definition) is 0. The fraction of sp³-hybridized carbons (Fsp3) is 0.407. The average molecular weight is 517 g/mol. The Morgan fingerprint density at radius 2 is 0.730 bits per heavy atom. The van der Waals surface area contributed by atoms with Crippen LogP contribution in [-0.2, 0) is 18.9 Å². The number of rotatable bonds is 14. The van der Waals surface area contributed by atoms with Gasteiger partial charge in [-0.25, -0.2) is 19.2 Å². The van der Waals surface area contributed by atoms with Crippen molar-refractivity contribution in [3.8, 4) is 11.5 Å². The van der Waals surface area contributed by atoms with Crippen LogP contribution in [0.4, 0.5) is 0 Å². The van der Waals surface area contributed by atoms with Gasteiger partial charge in [0.2, 0.25) is 0 Å². The molecule has 0 aliphatic rings. The van der Waals surface area contributed by atoms with Crippen molar-refractivity contribution in [3.63, 3.8) is 0 Å². The van der Waals surface area contributed by atoms with Crippen LogP contribution in [0, 0.1) is 0 Å². The lowest BCUT2D eigenvalue weighted by Gasteiger charge is -2.11. The van der Waals surface area contributed by atoms with Crippen molar-refractivity contribution in [2.24, 2.45) is 0 Å². The first-order valence-electron chi connectivity index (χ1n) is 11.7. The van der Waals surface area contributed by atoms with Crippen LogP contribution in [0.2, 0.25) is 0 Å². The SMILES string of the molecule is COC(=O)c1cc(OCCCCCCCOc2cc(C(=O)OC)cc(C(=O)OC)c2)cc(C(=O)OC)c1. The summed E-state index contributed by atoms with van der Waals surface area (Å²) in [6, 6.07) is 8.89. The van der Waals surface area contributed by atoms with Crippen LogP contribution in [0.3, 0.4) is 0 Å². The predicted octanol–water partition coefficient (Wildman–Crippen LogP) is 4.24. The van der Waals surface area contributed by atoms with E-state index < -0.39 is 23.9 Å². The largest absolute Gasteiger partial charge is 0.494 e. The first-order chi connectivity index (χ1) is 17.8. The molecule has 0 bridgehead atoms. The number of esters is 4. The molecular weight excluding hydrogens is 484 g/mol. The van der Waals surface area contributed by atoms with Gasteiger partial charge in [-0.15, -0.1) is 0 Å². The summed E-state index contributed by atoms with van der Waals surface area (Å²) >= 11 is 0. The summed E-state index contributed by atoms with van der Waals surface area (Å²) in [6.45, 7) is 0.830. The van der Waals surface area contributed by atoms with E-state index in [0.717, 1.165) is 32.1 Å². The van der Waals surface area contributed by atoms with E-state index in [1.807, 2.05) is 0 Å². The van der Waals surface area contributed by atoms with Gasteiger partial charge in [-0.3, -0.25) is 0 Å². The van der Waals surface area contributed by atoms with Crippen molar-refractivity contribution in [2.45, 2.75) is 32.1 Å². The molecule has 10 nitrogen and oxygen atoms in total. The first-order valence-corrected chi connectivity index (χ1v) is 11.7. The Morgan fingerprint density at radius 1 is 0.459 bits per heavy atom. The number of unbranched alkanes of at least 4 members (excludes halogenated alkanes) is 4. The molecular formula is C27H32O10. The van der Waals surface area contributed by atoms with Crippen LogP contribution in [0.15, 0.2) is 36.4 Å². The van der Waals surface area contributed by atoms with E-state index in [4.69, 9.17) is 28.4 Å². The topological polar surface area (TPSA) is 124 Å². The molecule has 0 saturated carbocycles. The molecule has 2 aromatic carbocycles. The van der Waals surface area contributed by atoms with Gasteiger partial charge in [-0.2, -0.15) is 0 Å². The van der Waals surface area contributed by atoms with Gasteiger partial charge in [-0.05, 0) is 49.2 Å². The first kappa shape index (κ1) is 29.2. The minimum absolute atomic E-state index is 0.205. The second-order valence-corrected chi connectivity index (χ2v) is 7.92. The van der Waals surface area contributed by atoms with Crippen LogP contribution in [0.5, 0.6) is 11.5 Å². The van der Waals surface area contributed by atoms with Crippen LogP contribution in [0.1, 0.15) is 73.5 Å². The van der Waals surface area contributed by atoms with Crippen molar-refractivity contribution >= 4 is 23.9 Å². The van der Waals surface area contributed by atoms with Gasteiger partial charge in [0.05, 0.1) is 63.9 Å². The van der Waals surface area contributed by atoms with Crippen molar-refractivity contribution < 1.29 is 47.6 Å². The smallest absolute Gasteiger partial charge is 0.338 e. The Labute approximate surface area is 215 Å². The molecule has 0 aliphatic carbocycles. The van der Waals surface area contributed by atoms with Gasteiger partial charge in [0.15, 0.2) is 0 Å². The molecule has 2 rings (SSSR count). The minimum Gasteiger partial charge on any atom is -0.494 e. The van der Waals surface area contributed by atoms with E-state index in [1.54, 1.807) is 0 Å². The Balaban J connectivity index is 1.76. The van der Waals surface area contributed by atoms with Gasteiger partial charge in [0.25, 0.3) is 0 Å². The molecule has 0 aliphatic heterocycles. The summed E-state index contributed by atoms with van der Waals surface area (Å²) < 4.78 is 30.3. The molecule has 0 amide bonds. The summed E-state index contributed by atoms with van der Waals surface area (Å²) in [7, 11) is 5.05.